The predicted molar refractivity (Wildman–Crippen MR) is 215 cm³/mol. The Morgan fingerprint density at radius 3 is 2.37 bits per heavy atom. The number of rotatable bonds is 16. The lowest BCUT2D eigenvalue weighted by Crippen LogP contribution is -2.70. The van der Waals surface area contributed by atoms with Crippen molar-refractivity contribution in [1.82, 2.24) is 5.32 Å². The van der Waals surface area contributed by atoms with Gasteiger partial charge >= 0.3 is 11.9 Å². The number of anilines is 1. The summed E-state index contributed by atoms with van der Waals surface area (Å²) >= 11 is 0. The number of hydrogen-bond donors (Lipinski definition) is 10. The van der Waals surface area contributed by atoms with Gasteiger partial charge in [-0.1, -0.05) is 44.2 Å². The summed E-state index contributed by atoms with van der Waals surface area (Å²) in [5.41, 5.74) is 3.49. The number of fused-ring (bicyclic) bond motifs is 1. The second-order valence-electron chi connectivity index (χ2n) is 15.0. The van der Waals surface area contributed by atoms with Crippen LogP contribution in [0.2, 0.25) is 0 Å². The van der Waals surface area contributed by atoms with Crippen molar-refractivity contribution in [3.05, 3.63) is 64.7 Å². The Balaban J connectivity index is 1.50. The largest absolute Gasteiger partial charge is 0.504 e. The van der Waals surface area contributed by atoms with Gasteiger partial charge in [-0.15, -0.1) is 0 Å². The zero-order valence-electron chi connectivity index (χ0n) is 34.0. The molecule has 3 aromatic carbocycles. The molecule has 1 fully saturated rings. The molecule has 19 heteroatoms. The van der Waals surface area contributed by atoms with Gasteiger partial charge in [-0.05, 0) is 44.1 Å². The minimum Gasteiger partial charge on any atom is -0.504 e. The van der Waals surface area contributed by atoms with Gasteiger partial charge in [-0.3, -0.25) is 4.99 Å². The van der Waals surface area contributed by atoms with E-state index in [4.69, 9.17) is 34.2 Å². The maximum Gasteiger partial charge on any atom is 0.344 e. The molecule has 2 heterocycles. The van der Waals surface area contributed by atoms with Crippen LogP contribution in [0.1, 0.15) is 71.9 Å². The zero-order valence-corrected chi connectivity index (χ0v) is 34.0. The highest BCUT2D eigenvalue weighted by Crippen LogP contribution is 2.51. The van der Waals surface area contributed by atoms with Gasteiger partial charge in [-0.2, -0.15) is 0 Å². The number of carbonyl (C=O) groups excluding carboxylic acids is 1. The molecule has 19 nitrogen and oxygen atoms in total. The van der Waals surface area contributed by atoms with Gasteiger partial charge in [0, 0.05) is 37.2 Å². The number of cyclic esters (lactones) is 1. The van der Waals surface area contributed by atoms with Crippen LogP contribution in [0, 0.1) is 5.92 Å². The standard InChI is InChI=1S/C41H54N4O15/c1-20(2)11-12-21(3)45-25-18-27(26(17-24(25)36(51)52)57-19-44-40(42)43-4)58-38-31(48)30(47)35(50)41(60-38)15-13-23-28(37(53)59-39(41)54)29(46)34(32(49)33(23)55-5)56-16-14-22-9-7-6-8-10-22/h6-10,17-18,20-21,30-31,35,38-39,45-50,54H,11-16,19H2,1-5H3,(H,51,52)(H3,42,43,44). The molecule has 7 atom stereocenters. The van der Waals surface area contributed by atoms with Gasteiger partial charge in [0.05, 0.1) is 25.0 Å². The van der Waals surface area contributed by atoms with Gasteiger partial charge in [0.2, 0.25) is 24.1 Å². The first-order valence-corrected chi connectivity index (χ1v) is 19.4. The number of carbonyl (C=O) groups is 2. The molecule has 0 radical (unpaired) electrons. The van der Waals surface area contributed by atoms with Crippen molar-refractivity contribution in [3.63, 3.8) is 0 Å². The van der Waals surface area contributed by atoms with E-state index in [0.29, 0.717) is 18.8 Å². The number of carboxylic acid groups (broad SMARTS) is 1. The lowest BCUT2D eigenvalue weighted by Gasteiger charge is -2.50. The number of phenols is 2. The Labute approximate surface area is 346 Å². The van der Waals surface area contributed by atoms with Gasteiger partial charge in [-0.25, -0.2) is 9.59 Å². The van der Waals surface area contributed by atoms with Crippen molar-refractivity contribution in [3.8, 4) is 34.5 Å². The minimum absolute atomic E-state index is 0.00209. The molecule has 3 aromatic rings. The van der Waals surface area contributed by atoms with E-state index in [1.807, 2.05) is 37.3 Å². The Bertz CT molecular complexity index is 2020. The van der Waals surface area contributed by atoms with E-state index in [2.05, 4.69) is 29.5 Å². The summed E-state index contributed by atoms with van der Waals surface area (Å²) in [6, 6.07) is 11.5. The van der Waals surface area contributed by atoms with Crippen molar-refractivity contribution in [2.45, 2.75) is 95.4 Å². The van der Waals surface area contributed by atoms with E-state index in [1.165, 1.54) is 26.3 Å². The molecule has 328 valence electrons. The molecule has 0 amide bonds. The number of aromatic carboxylic acids is 1. The smallest absolute Gasteiger partial charge is 0.344 e. The number of esters is 1. The number of aliphatic hydroxyl groups is 4. The number of benzene rings is 3. The minimum atomic E-state index is -2.43. The summed E-state index contributed by atoms with van der Waals surface area (Å²) in [5.74, 6) is -4.87. The van der Waals surface area contributed by atoms with Gasteiger partial charge in [0.15, 0.2) is 41.3 Å². The number of carboxylic acids is 1. The second-order valence-corrected chi connectivity index (χ2v) is 15.0. The van der Waals surface area contributed by atoms with Crippen LogP contribution in [0.25, 0.3) is 0 Å². The highest BCUT2D eigenvalue weighted by atomic mass is 16.7. The SMILES string of the molecule is CN=C(N)NCOc1cc(C(=O)O)c(NC(C)CCC(C)C)cc1OC1OC2(CCc3c(OC)c(O)c(OCCc4ccccc4)c(O)c3C(=O)OC2O)C(O)C(O)C1O. The maximum absolute atomic E-state index is 13.8. The fraction of sp³-hybridized carbons (Fsp3) is 0.488. The first-order chi connectivity index (χ1) is 28.5. The molecule has 1 spiro atoms. The molecule has 0 bridgehead atoms. The van der Waals surface area contributed by atoms with Crippen LogP contribution >= 0.6 is 0 Å². The molecule has 0 saturated carbocycles. The number of aromatic hydroxyl groups is 2. The third kappa shape index (κ3) is 9.82. The predicted octanol–water partition coefficient (Wildman–Crippen LogP) is 2.21. The molecule has 1 saturated heterocycles. The van der Waals surface area contributed by atoms with Crippen LogP contribution < -0.4 is 35.3 Å². The normalized spacial score (nSPS) is 23.5. The maximum atomic E-state index is 13.8. The van der Waals surface area contributed by atoms with Crippen LogP contribution in [-0.2, 0) is 22.3 Å². The summed E-state index contributed by atoms with van der Waals surface area (Å²) in [5, 5.41) is 84.0. The monoisotopic (exact) mass is 842 g/mol. The number of hydrogen-bond acceptors (Lipinski definition) is 16. The number of nitrogens with two attached hydrogens (primary N) is 1. The Hall–Kier alpha value is -5.73. The summed E-state index contributed by atoms with van der Waals surface area (Å²) < 4.78 is 34.6. The summed E-state index contributed by atoms with van der Waals surface area (Å²) in [4.78, 5) is 30.0. The number of methoxy groups -OCH3 is 1. The quantitative estimate of drug-likeness (QED) is 0.0428. The van der Waals surface area contributed by atoms with E-state index in [1.54, 1.807) is 0 Å². The van der Waals surface area contributed by atoms with Crippen molar-refractivity contribution >= 4 is 23.6 Å². The third-order valence-corrected chi connectivity index (χ3v) is 10.4. The number of nitrogens with zero attached hydrogens (tertiary/aromatic N) is 1. The van der Waals surface area contributed by atoms with E-state index in [9.17, 15) is 45.3 Å². The van der Waals surface area contributed by atoms with Gasteiger partial charge < -0.3 is 80.5 Å². The number of aliphatic hydroxyl groups excluding tert-OH is 4. The summed E-state index contributed by atoms with van der Waals surface area (Å²) in [6.45, 7) is 5.64. The third-order valence-electron chi connectivity index (χ3n) is 10.4. The van der Waals surface area contributed by atoms with Gasteiger partial charge in [0.1, 0.15) is 23.9 Å². The van der Waals surface area contributed by atoms with Crippen LogP contribution in [0.3, 0.4) is 0 Å². The highest BCUT2D eigenvalue weighted by Gasteiger charge is 2.60. The van der Waals surface area contributed by atoms with Crippen LogP contribution in [0.15, 0.2) is 47.5 Å². The van der Waals surface area contributed by atoms with Gasteiger partial charge in [0.25, 0.3) is 0 Å². The lowest BCUT2D eigenvalue weighted by molar-refractivity contribution is -0.357. The number of phenolic OH excluding ortho intramolecular Hbond substituents is 2. The zero-order chi connectivity index (χ0) is 43.9. The molecule has 7 unspecified atom stereocenters. The van der Waals surface area contributed by atoms with Crippen molar-refractivity contribution < 1.29 is 73.8 Å². The lowest BCUT2D eigenvalue weighted by atomic mass is 9.80. The van der Waals surface area contributed by atoms with Crippen molar-refractivity contribution in [2.75, 3.05) is 32.8 Å². The summed E-state index contributed by atoms with van der Waals surface area (Å²) in [7, 11) is 2.63. The molecule has 2 aliphatic heterocycles. The van der Waals surface area contributed by atoms with E-state index in [0.717, 1.165) is 12.0 Å². The molecule has 2 aliphatic rings. The van der Waals surface area contributed by atoms with Crippen LogP contribution in [0.5, 0.6) is 34.5 Å². The van der Waals surface area contributed by atoms with E-state index in [-0.39, 0.29) is 65.8 Å². The van der Waals surface area contributed by atoms with E-state index < -0.39 is 77.7 Å². The summed E-state index contributed by atoms with van der Waals surface area (Å²) in [6.07, 6.45) is -9.51. The van der Waals surface area contributed by atoms with Crippen LogP contribution in [-0.4, -0.2) is 124 Å². The molecule has 11 N–H and O–H groups in total. The van der Waals surface area contributed by atoms with Crippen molar-refractivity contribution in [2.24, 2.45) is 16.6 Å². The highest BCUT2D eigenvalue weighted by molar-refractivity contribution is 5.97. The molecule has 60 heavy (non-hydrogen) atoms. The van der Waals surface area contributed by atoms with Crippen LogP contribution in [0.4, 0.5) is 5.69 Å². The fourth-order valence-electron chi connectivity index (χ4n) is 7.03. The second kappa shape index (κ2) is 19.6. The Kier molecular flexibility index (Phi) is 14.8. The Morgan fingerprint density at radius 2 is 1.72 bits per heavy atom. The first-order valence-electron chi connectivity index (χ1n) is 19.4. The number of guanidine groups is 1. The topological polar surface area (TPSA) is 294 Å². The molecule has 0 aromatic heterocycles. The average Bonchev–Trinajstić information content (AvgIpc) is 3.21. The Morgan fingerprint density at radius 1 is 1.00 bits per heavy atom. The number of aliphatic imine (C=N–C) groups is 1. The molecule has 0 aliphatic carbocycles. The average molecular weight is 843 g/mol. The first kappa shape index (κ1) is 45.4. The van der Waals surface area contributed by atoms with Crippen molar-refractivity contribution in [1.29, 1.82) is 0 Å². The molecular formula is C41H54N4O15. The number of nitrogens with one attached hydrogen (secondary N) is 2. The number of ether oxygens (including phenoxy) is 6. The molecule has 5 rings (SSSR count). The van der Waals surface area contributed by atoms with E-state index >= 15 is 0 Å². The molecular weight excluding hydrogens is 788 g/mol. The fourth-order valence-corrected chi connectivity index (χ4v) is 7.03.